The highest BCUT2D eigenvalue weighted by atomic mass is 16.5. The van der Waals surface area contributed by atoms with Crippen LogP contribution in [0.2, 0.25) is 0 Å². The summed E-state index contributed by atoms with van der Waals surface area (Å²) < 4.78 is 5.13. The van der Waals surface area contributed by atoms with Gasteiger partial charge in [-0.15, -0.1) is 0 Å². The fourth-order valence-corrected chi connectivity index (χ4v) is 3.21. The number of hydrogen-bond acceptors (Lipinski definition) is 3. The lowest BCUT2D eigenvalue weighted by molar-refractivity contribution is -0.117. The number of nitrogens with zero attached hydrogens (tertiary/aromatic N) is 1. The van der Waals surface area contributed by atoms with E-state index in [2.05, 4.69) is 5.32 Å². The quantitative estimate of drug-likeness (QED) is 0.862. The van der Waals surface area contributed by atoms with Crippen molar-refractivity contribution in [2.45, 2.75) is 32.6 Å². The summed E-state index contributed by atoms with van der Waals surface area (Å²) in [6.07, 6.45) is 2.61. The minimum atomic E-state index is -0.0229. The lowest BCUT2D eigenvalue weighted by atomic mass is 10.1. The molecule has 0 bridgehead atoms. The van der Waals surface area contributed by atoms with E-state index in [0.717, 1.165) is 41.2 Å². The van der Waals surface area contributed by atoms with Gasteiger partial charge in [0, 0.05) is 30.8 Å². The monoisotopic (exact) mass is 352 g/mol. The molecule has 1 aliphatic heterocycles. The number of hydrogen-bond donors (Lipinski definition) is 1. The zero-order valence-corrected chi connectivity index (χ0v) is 15.2. The average Bonchev–Trinajstić information content (AvgIpc) is 3.06. The van der Waals surface area contributed by atoms with Crippen molar-refractivity contribution < 1.29 is 14.3 Å². The maximum Gasteiger partial charge on any atom is 0.227 e. The Bertz CT molecular complexity index is 799. The van der Waals surface area contributed by atoms with Crippen LogP contribution in [0.25, 0.3) is 0 Å². The molecule has 5 nitrogen and oxygen atoms in total. The van der Waals surface area contributed by atoms with Gasteiger partial charge in [0.15, 0.2) is 0 Å². The molecular weight excluding hydrogens is 328 g/mol. The van der Waals surface area contributed by atoms with E-state index in [9.17, 15) is 9.59 Å². The molecule has 0 aromatic heterocycles. The van der Waals surface area contributed by atoms with Crippen LogP contribution in [0.4, 0.5) is 11.4 Å². The highest BCUT2D eigenvalue weighted by Gasteiger charge is 2.22. The van der Waals surface area contributed by atoms with E-state index in [1.165, 1.54) is 0 Å². The topological polar surface area (TPSA) is 58.6 Å². The van der Waals surface area contributed by atoms with Crippen molar-refractivity contribution in [3.05, 3.63) is 53.6 Å². The molecule has 0 radical (unpaired) electrons. The maximum absolute atomic E-state index is 12.2. The van der Waals surface area contributed by atoms with Crippen LogP contribution in [0.1, 0.15) is 30.4 Å². The van der Waals surface area contributed by atoms with Crippen molar-refractivity contribution >= 4 is 23.2 Å². The summed E-state index contributed by atoms with van der Waals surface area (Å²) >= 11 is 0. The zero-order chi connectivity index (χ0) is 18.5. The highest BCUT2D eigenvalue weighted by Crippen LogP contribution is 2.27. The summed E-state index contributed by atoms with van der Waals surface area (Å²) in [5.74, 6) is 0.958. The predicted molar refractivity (Wildman–Crippen MR) is 103 cm³/mol. The van der Waals surface area contributed by atoms with Gasteiger partial charge in [-0.05, 0) is 61.2 Å². The number of anilines is 2. The van der Waals surface area contributed by atoms with Gasteiger partial charge in [-0.2, -0.15) is 0 Å². The molecule has 1 fully saturated rings. The molecule has 5 heteroatoms. The van der Waals surface area contributed by atoms with Gasteiger partial charge in [-0.1, -0.05) is 12.1 Å². The highest BCUT2D eigenvalue weighted by molar-refractivity contribution is 5.97. The summed E-state index contributed by atoms with van der Waals surface area (Å²) in [5.41, 5.74) is 3.79. The lowest BCUT2D eigenvalue weighted by Crippen LogP contribution is -2.24. The van der Waals surface area contributed by atoms with Crippen LogP contribution >= 0.6 is 0 Å². The zero-order valence-electron chi connectivity index (χ0n) is 15.2. The Hall–Kier alpha value is -2.82. The van der Waals surface area contributed by atoms with Crippen LogP contribution < -0.4 is 15.0 Å². The third-order valence-corrected chi connectivity index (χ3v) is 4.64. The average molecular weight is 352 g/mol. The van der Waals surface area contributed by atoms with Gasteiger partial charge in [-0.3, -0.25) is 9.59 Å². The van der Waals surface area contributed by atoms with Gasteiger partial charge in [0.2, 0.25) is 11.8 Å². The standard InChI is InChI=1S/C21H24N2O3/c1-15-14-17(8-11-19(15)23-13-3-4-21(23)25)22-20(24)12-7-16-5-9-18(26-2)10-6-16/h5-6,8-11,14H,3-4,7,12-13H2,1-2H3,(H,22,24). The van der Waals surface area contributed by atoms with Gasteiger partial charge in [0.25, 0.3) is 0 Å². The molecule has 3 rings (SSSR count). The van der Waals surface area contributed by atoms with Gasteiger partial charge >= 0.3 is 0 Å². The molecule has 1 heterocycles. The van der Waals surface area contributed by atoms with Crippen molar-refractivity contribution in [2.24, 2.45) is 0 Å². The molecular formula is C21H24N2O3. The second kappa shape index (κ2) is 8.04. The number of nitrogens with one attached hydrogen (secondary N) is 1. The third kappa shape index (κ3) is 4.23. The number of amides is 2. The van der Waals surface area contributed by atoms with Crippen LogP contribution in [-0.2, 0) is 16.0 Å². The smallest absolute Gasteiger partial charge is 0.227 e. The van der Waals surface area contributed by atoms with E-state index in [0.29, 0.717) is 19.3 Å². The van der Waals surface area contributed by atoms with Gasteiger partial charge < -0.3 is 15.0 Å². The number of methoxy groups -OCH3 is 1. The molecule has 2 amide bonds. The molecule has 1 N–H and O–H groups in total. The maximum atomic E-state index is 12.2. The number of ether oxygens (including phenoxy) is 1. The number of rotatable bonds is 6. The van der Waals surface area contributed by atoms with Crippen LogP contribution in [-0.4, -0.2) is 25.5 Å². The molecule has 2 aromatic carbocycles. The first kappa shape index (κ1) is 18.0. The number of benzene rings is 2. The van der Waals surface area contributed by atoms with Crippen LogP contribution in [0, 0.1) is 6.92 Å². The molecule has 0 aliphatic carbocycles. The van der Waals surface area contributed by atoms with E-state index >= 15 is 0 Å². The van der Waals surface area contributed by atoms with Crippen LogP contribution in [0.5, 0.6) is 5.75 Å². The molecule has 26 heavy (non-hydrogen) atoms. The number of carbonyl (C=O) groups is 2. The first-order valence-corrected chi connectivity index (χ1v) is 8.90. The second-order valence-electron chi connectivity index (χ2n) is 6.55. The van der Waals surface area contributed by atoms with Crippen molar-refractivity contribution in [1.29, 1.82) is 0 Å². The Balaban J connectivity index is 1.57. The van der Waals surface area contributed by atoms with Crippen LogP contribution in [0.15, 0.2) is 42.5 Å². The van der Waals surface area contributed by atoms with Crippen molar-refractivity contribution in [1.82, 2.24) is 0 Å². The second-order valence-corrected chi connectivity index (χ2v) is 6.55. The predicted octanol–water partition coefficient (Wildman–Crippen LogP) is 3.70. The third-order valence-electron chi connectivity index (χ3n) is 4.64. The number of aryl methyl sites for hydroxylation is 2. The van der Waals surface area contributed by atoms with E-state index in [1.807, 2.05) is 54.3 Å². The van der Waals surface area contributed by atoms with Gasteiger partial charge in [0.1, 0.15) is 5.75 Å². The van der Waals surface area contributed by atoms with Gasteiger partial charge in [0.05, 0.1) is 7.11 Å². The fraction of sp³-hybridized carbons (Fsp3) is 0.333. The lowest BCUT2D eigenvalue weighted by Gasteiger charge is -2.19. The van der Waals surface area contributed by atoms with Crippen molar-refractivity contribution in [2.75, 3.05) is 23.9 Å². The van der Waals surface area contributed by atoms with Gasteiger partial charge in [-0.25, -0.2) is 0 Å². The summed E-state index contributed by atoms with van der Waals surface area (Å²) in [6.45, 7) is 2.74. The normalized spacial score (nSPS) is 13.8. The molecule has 1 aliphatic rings. The van der Waals surface area contributed by atoms with E-state index in [-0.39, 0.29) is 11.8 Å². The Labute approximate surface area is 154 Å². The minimum Gasteiger partial charge on any atom is -0.497 e. The van der Waals surface area contributed by atoms with Crippen LogP contribution in [0.3, 0.4) is 0 Å². The Morgan fingerprint density at radius 1 is 1.19 bits per heavy atom. The minimum absolute atomic E-state index is 0.0229. The number of carbonyl (C=O) groups excluding carboxylic acids is 2. The summed E-state index contributed by atoms with van der Waals surface area (Å²) in [7, 11) is 1.63. The summed E-state index contributed by atoms with van der Waals surface area (Å²) in [6, 6.07) is 13.4. The van der Waals surface area contributed by atoms with E-state index in [1.54, 1.807) is 7.11 Å². The first-order valence-electron chi connectivity index (χ1n) is 8.90. The Kier molecular flexibility index (Phi) is 5.56. The molecule has 0 saturated carbocycles. The van der Waals surface area contributed by atoms with E-state index in [4.69, 9.17) is 4.74 Å². The van der Waals surface area contributed by atoms with Crippen molar-refractivity contribution in [3.63, 3.8) is 0 Å². The molecule has 0 unspecified atom stereocenters. The molecule has 0 spiro atoms. The molecule has 136 valence electrons. The molecule has 1 saturated heterocycles. The fourth-order valence-electron chi connectivity index (χ4n) is 3.21. The molecule has 0 atom stereocenters. The van der Waals surface area contributed by atoms with E-state index < -0.39 is 0 Å². The Morgan fingerprint density at radius 2 is 1.96 bits per heavy atom. The van der Waals surface area contributed by atoms with Crippen molar-refractivity contribution in [3.8, 4) is 5.75 Å². The molecule has 2 aromatic rings. The summed E-state index contributed by atoms with van der Waals surface area (Å²) in [4.78, 5) is 25.9. The largest absolute Gasteiger partial charge is 0.497 e. The summed E-state index contributed by atoms with van der Waals surface area (Å²) in [5, 5.41) is 2.94. The SMILES string of the molecule is COc1ccc(CCC(=O)Nc2ccc(N3CCCC3=O)c(C)c2)cc1. The Morgan fingerprint density at radius 3 is 2.58 bits per heavy atom. The first-order chi connectivity index (χ1) is 12.6.